The number of ether oxygens (including phenoxy) is 1. The van der Waals surface area contributed by atoms with Gasteiger partial charge in [0, 0.05) is 25.3 Å². The van der Waals surface area contributed by atoms with Crippen LogP contribution in [-0.2, 0) is 11.3 Å². The van der Waals surface area contributed by atoms with Gasteiger partial charge in [0.25, 0.3) is 5.91 Å². The Kier molecular flexibility index (Phi) is 5.64. The summed E-state index contributed by atoms with van der Waals surface area (Å²) in [5.41, 5.74) is 1.21. The molecular formula is C19H22FNO3. The highest BCUT2D eigenvalue weighted by Gasteiger charge is 2.23. The van der Waals surface area contributed by atoms with Crippen molar-refractivity contribution in [3.05, 3.63) is 59.8 Å². The van der Waals surface area contributed by atoms with Crippen molar-refractivity contribution in [2.75, 3.05) is 19.7 Å². The molecule has 5 heteroatoms. The molecule has 1 amide bonds. The summed E-state index contributed by atoms with van der Waals surface area (Å²) in [5.74, 6) is 0.376. The van der Waals surface area contributed by atoms with E-state index in [1.165, 1.54) is 18.6 Å². The normalized spacial score (nSPS) is 15.6. The molecule has 1 aromatic heterocycles. The van der Waals surface area contributed by atoms with Crippen molar-refractivity contribution in [3.8, 4) is 0 Å². The van der Waals surface area contributed by atoms with E-state index in [1.54, 1.807) is 18.2 Å². The summed E-state index contributed by atoms with van der Waals surface area (Å²) in [6.45, 7) is 2.46. The van der Waals surface area contributed by atoms with Crippen LogP contribution >= 0.6 is 0 Å². The maximum Gasteiger partial charge on any atom is 0.257 e. The van der Waals surface area contributed by atoms with Crippen LogP contribution in [0.2, 0.25) is 0 Å². The van der Waals surface area contributed by atoms with Crippen molar-refractivity contribution >= 4 is 5.91 Å². The van der Waals surface area contributed by atoms with Gasteiger partial charge in [-0.15, -0.1) is 0 Å². The molecule has 1 aliphatic heterocycles. The molecule has 1 aliphatic rings. The highest BCUT2D eigenvalue weighted by Crippen LogP contribution is 2.22. The fraction of sp³-hybridized carbons (Fsp3) is 0.421. The molecule has 0 unspecified atom stereocenters. The first-order valence-electron chi connectivity index (χ1n) is 8.36. The molecule has 24 heavy (non-hydrogen) atoms. The third kappa shape index (κ3) is 4.23. The van der Waals surface area contributed by atoms with E-state index in [1.807, 2.05) is 11.0 Å². The molecule has 0 N–H and O–H groups in total. The standard InChI is InChI=1S/C19H22FNO3/c20-18-4-2-1-3-16(18)13-23-11-7-15-5-9-21(10-6-15)19(22)17-8-12-24-14-17/h1-4,8,12,14-15H,5-7,9-11,13H2. The summed E-state index contributed by atoms with van der Waals surface area (Å²) in [6.07, 6.45) is 5.92. The van der Waals surface area contributed by atoms with Crippen molar-refractivity contribution in [2.24, 2.45) is 5.92 Å². The number of nitrogens with zero attached hydrogens (tertiary/aromatic N) is 1. The van der Waals surface area contributed by atoms with E-state index in [4.69, 9.17) is 9.15 Å². The number of hydrogen-bond acceptors (Lipinski definition) is 3. The Morgan fingerprint density at radius 2 is 2.04 bits per heavy atom. The van der Waals surface area contributed by atoms with Crippen LogP contribution in [0.4, 0.5) is 4.39 Å². The van der Waals surface area contributed by atoms with E-state index >= 15 is 0 Å². The van der Waals surface area contributed by atoms with Crippen LogP contribution < -0.4 is 0 Å². The average Bonchev–Trinajstić information content (AvgIpc) is 3.15. The number of carbonyl (C=O) groups excluding carboxylic acids is 1. The van der Waals surface area contributed by atoms with Gasteiger partial charge in [0.2, 0.25) is 0 Å². The van der Waals surface area contributed by atoms with Crippen molar-refractivity contribution in [2.45, 2.75) is 25.9 Å². The molecular weight excluding hydrogens is 309 g/mol. The Hall–Kier alpha value is -2.14. The molecule has 0 spiro atoms. The Labute approximate surface area is 141 Å². The lowest BCUT2D eigenvalue weighted by molar-refractivity contribution is 0.0636. The minimum absolute atomic E-state index is 0.0398. The highest BCUT2D eigenvalue weighted by atomic mass is 19.1. The fourth-order valence-electron chi connectivity index (χ4n) is 3.04. The van der Waals surface area contributed by atoms with E-state index in [-0.39, 0.29) is 11.7 Å². The van der Waals surface area contributed by atoms with Crippen LogP contribution in [-0.4, -0.2) is 30.5 Å². The van der Waals surface area contributed by atoms with Crippen LogP contribution in [0, 0.1) is 11.7 Å². The molecule has 0 bridgehead atoms. The molecule has 2 heterocycles. The van der Waals surface area contributed by atoms with E-state index in [0.29, 0.717) is 30.3 Å². The molecule has 2 aromatic rings. The number of rotatable bonds is 6. The monoisotopic (exact) mass is 331 g/mol. The predicted molar refractivity (Wildman–Crippen MR) is 88.0 cm³/mol. The van der Waals surface area contributed by atoms with Crippen LogP contribution in [0.15, 0.2) is 47.3 Å². The zero-order chi connectivity index (χ0) is 16.8. The molecule has 0 atom stereocenters. The smallest absolute Gasteiger partial charge is 0.257 e. The number of benzene rings is 1. The lowest BCUT2D eigenvalue weighted by atomic mass is 9.93. The topological polar surface area (TPSA) is 42.7 Å². The van der Waals surface area contributed by atoms with Gasteiger partial charge in [0.05, 0.1) is 18.4 Å². The predicted octanol–water partition coefficient (Wildman–Crippen LogP) is 3.88. The van der Waals surface area contributed by atoms with E-state index in [0.717, 1.165) is 32.4 Å². The lowest BCUT2D eigenvalue weighted by Crippen LogP contribution is -2.38. The summed E-state index contributed by atoms with van der Waals surface area (Å²) < 4.78 is 24.1. The van der Waals surface area contributed by atoms with Gasteiger partial charge in [-0.1, -0.05) is 18.2 Å². The summed E-state index contributed by atoms with van der Waals surface area (Å²) in [4.78, 5) is 14.1. The first-order chi connectivity index (χ1) is 11.7. The molecule has 1 aromatic carbocycles. The second-order valence-corrected chi connectivity index (χ2v) is 6.18. The molecule has 128 valence electrons. The van der Waals surface area contributed by atoms with Gasteiger partial charge in [-0.05, 0) is 37.3 Å². The fourth-order valence-corrected chi connectivity index (χ4v) is 3.04. The van der Waals surface area contributed by atoms with Gasteiger partial charge in [-0.25, -0.2) is 4.39 Å². The van der Waals surface area contributed by atoms with Gasteiger partial charge >= 0.3 is 0 Å². The van der Waals surface area contributed by atoms with E-state index in [2.05, 4.69) is 0 Å². The van der Waals surface area contributed by atoms with Crippen LogP contribution in [0.25, 0.3) is 0 Å². The zero-order valence-electron chi connectivity index (χ0n) is 13.6. The number of amides is 1. The number of carbonyl (C=O) groups is 1. The largest absolute Gasteiger partial charge is 0.472 e. The maximum atomic E-state index is 13.5. The van der Waals surface area contributed by atoms with Gasteiger partial charge in [0.15, 0.2) is 0 Å². The second-order valence-electron chi connectivity index (χ2n) is 6.18. The number of hydrogen-bond donors (Lipinski definition) is 0. The molecule has 1 fully saturated rings. The number of likely N-dealkylation sites (tertiary alicyclic amines) is 1. The van der Waals surface area contributed by atoms with Crippen molar-refractivity contribution in [1.29, 1.82) is 0 Å². The number of furan rings is 1. The quantitative estimate of drug-likeness (QED) is 0.755. The second kappa shape index (κ2) is 8.11. The third-order valence-corrected chi connectivity index (χ3v) is 4.56. The van der Waals surface area contributed by atoms with Gasteiger partial charge in [-0.3, -0.25) is 4.79 Å². The molecule has 0 aliphatic carbocycles. The van der Waals surface area contributed by atoms with E-state index < -0.39 is 0 Å². The summed E-state index contributed by atoms with van der Waals surface area (Å²) in [6, 6.07) is 8.39. The summed E-state index contributed by atoms with van der Waals surface area (Å²) >= 11 is 0. The SMILES string of the molecule is O=C(c1ccoc1)N1CCC(CCOCc2ccccc2F)CC1. The minimum atomic E-state index is -0.219. The summed E-state index contributed by atoms with van der Waals surface area (Å²) in [5, 5.41) is 0. The van der Waals surface area contributed by atoms with Crippen LogP contribution in [0.1, 0.15) is 35.2 Å². The maximum absolute atomic E-state index is 13.5. The molecule has 4 nitrogen and oxygen atoms in total. The number of halogens is 1. The Balaban J connectivity index is 1.35. The van der Waals surface area contributed by atoms with Gasteiger partial charge < -0.3 is 14.1 Å². The summed E-state index contributed by atoms with van der Waals surface area (Å²) in [7, 11) is 0. The van der Waals surface area contributed by atoms with Crippen LogP contribution in [0.3, 0.4) is 0 Å². The third-order valence-electron chi connectivity index (χ3n) is 4.56. The molecule has 0 radical (unpaired) electrons. The Bertz CT molecular complexity index is 648. The van der Waals surface area contributed by atoms with E-state index in [9.17, 15) is 9.18 Å². The molecule has 1 saturated heterocycles. The van der Waals surface area contributed by atoms with Crippen molar-refractivity contribution in [3.63, 3.8) is 0 Å². The Morgan fingerprint density at radius 1 is 1.25 bits per heavy atom. The van der Waals surface area contributed by atoms with Crippen molar-refractivity contribution < 1.29 is 18.3 Å². The first kappa shape index (κ1) is 16.7. The lowest BCUT2D eigenvalue weighted by Gasteiger charge is -2.31. The Morgan fingerprint density at radius 3 is 2.75 bits per heavy atom. The number of piperidine rings is 1. The first-order valence-corrected chi connectivity index (χ1v) is 8.36. The molecule has 3 rings (SSSR count). The van der Waals surface area contributed by atoms with Crippen LogP contribution in [0.5, 0.6) is 0 Å². The minimum Gasteiger partial charge on any atom is -0.472 e. The van der Waals surface area contributed by atoms with Crippen molar-refractivity contribution in [1.82, 2.24) is 4.90 Å². The average molecular weight is 331 g/mol. The highest BCUT2D eigenvalue weighted by molar-refractivity contribution is 5.93. The zero-order valence-corrected chi connectivity index (χ0v) is 13.6. The van der Waals surface area contributed by atoms with Gasteiger partial charge in [0.1, 0.15) is 12.1 Å². The molecule has 0 saturated carbocycles. The van der Waals surface area contributed by atoms with Gasteiger partial charge in [-0.2, -0.15) is 0 Å².